The van der Waals surface area contributed by atoms with Gasteiger partial charge in [-0.25, -0.2) is 8.42 Å². The summed E-state index contributed by atoms with van der Waals surface area (Å²) in [5, 5.41) is 13.3. The van der Waals surface area contributed by atoms with Gasteiger partial charge in [0.15, 0.2) is 6.61 Å². The van der Waals surface area contributed by atoms with Crippen molar-refractivity contribution < 1.29 is 22.9 Å². The number of non-ortho nitro benzene ring substituents is 1. The van der Waals surface area contributed by atoms with Crippen molar-refractivity contribution in [3.8, 4) is 5.75 Å². The molecule has 0 fully saturated rings. The van der Waals surface area contributed by atoms with E-state index in [9.17, 15) is 23.3 Å². The molecule has 156 valence electrons. The molecule has 2 rings (SSSR count). The third kappa shape index (κ3) is 5.66. The highest BCUT2D eigenvalue weighted by Crippen LogP contribution is 2.27. The first-order valence-electron chi connectivity index (χ1n) is 8.65. The van der Waals surface area contributed by atoms with E-state index in [-0.39, 0.29) is 33.6 Å². The first-order valence-corrected chi connectivity index (χ1v) is 10.5. The SMILES string of the molecule is CCN(CC)S(=O)(=O)c1ccc(Cl)c(NC(=O)COc2ccc([N+](=O)[O-])cc2)c1. The summed E-state index contributed by atoms with van der Waals surface area (Å²) in [5.41, 5.74) is 0.0389. The van der Waals surface area contributed by atoms with Gasteiger partial charge in [-0.1, -0.05) is 25.4 Å². The molecule has 0 atom stereocenters. The molecule has 0 unspecified atom stereocenters. The second-order valence-electron chi connectivity index (χ2n) is 5.82. The van der Waals surface area contributed by atoms with Crippen LogP contribution in [0.1, 0.15) is 13.8 Å². The number of nitrogens with zero attached hydrogens (tertiary/aromatic N) is 2. The highest BCUT2D eigenvalue weighted by atomic mass is 35.5. The van der Waals surface area contributed by atoms with Gasteiger partial charge in [-0.3, -0.25) is 14.9 Å². The standard InChI is InChI=1S/C18H20ClN3O6S/c1-3-21(4-2)29(26,27)15-9-10-16(19)17(11-15)20-18(23)12-28-14-7-5-13(6-8-14)22(24)25/h5-11H,3-4,12H2,1-2H3,(H,20,23). The number of benzene rings is 2. The van der Waals surface area contributed by atoms with Gasteiger partial charge >= 0.3 is 0 Å². The molecule has 0 aromatic heterocycles. The number of nitro groups is 1. The van der Waals surface area contributed by atoms with Gasteiger partial charge in [-0.15, -0.1) is 0 Å². The Morgan fingerprint density at radius 2 is 1.79 bits per heavy atom. The molecule has 0 saturated heterocycles. The number of amides is 1. The summed E-state index contributed by atoms with van der Waals surface area (Å²) in [5.74, 6) is -0.294. The van der Waals surface area contributed by atoms with Crippen molar-refractivity contribution in [2.24, 2.45) is 0 Å². The van der Waals surface area contributed by atoms with E-state index in [1.54, 1.807) is 13.8 Å². The lowest BCUT2D eigenvalue weighted by molar-refractivity contribution is -0.384. The fourth-order valence-electron chi connectivity index (χ4n) is 2.47. The Morgan fingerprint density at radius 3 is 2.34 bits per heavy atom. The van der Waals surface area contributed by atoms with Crippen molar-refractivity contribution in [1.29, 1.82) is 0 Å². The van der Waals surface area contributed by atoms with E-state index < -0.39 is 20.9 Å². The van der Waals surface area contributed by atoms with Gasteiger partial charge in [-0.05, 0) is 30.3 Å². The fourth-order valence-corrected chi connectivity index (χ4v) is 4.12. The third-order valence-electron chi connectivity index (χ3n) is 3.97. The Morgan fingerprint density at radius 1 is 1.17 bits per heavy atom. The monoisotopic (exact) mass is 441 g/mol. The number of rotatable bonds is 9. The minimum absolute atomic E-state index is 0.0113. The van der Waals surface area contributed by atoms with Crippen LogP contribution in [-0.2, 0) is 14.8 Å². The van der Waals surface area contributed by atoms with Gasteiger partial charge in [0, 0.05) is 25.2 Å². The molecule has 2 aromatic rings. The summed E-state index contributed by atoms with van der Waals surface area (Å²) in [6, 6.07) is 9.31. The van der Waals surface area contributed by atoms with Crippen molar-refractivity contribution in [2.45, 2.75) is 18.7 Å². The Balaban J connectivity index is 2.09. The van der Waals surface area contributed by atoms with Crippen LogP contribution in [0.25, 0.3) is 0 Å². The summed E-state index contributed by atoms with van der Waals surface area (Å²) in [4.78, 5) is 22.3. The maximum absolute atomic E-state index is 12.6. The molecular formula is C18H20ClN3O6S. The van der Waals surface area contributed by atoms with Gasteiger partial charge in [-0.2, -0.15) is 4.31 Å². The maximum Gasteiger partial charge on any atom is 0.269 e. The first kappa shape index (κ1) is 22.6. The number of nitrogens with one attached hydrogen (secondary N) is 1. The lowest BCUT2D eigenvalue weighted by atomic mass is 10.3. The molecule has 0 heterocycles. The second kappa shape index (κ2) is 9.68. The zero-order valence-corrected chi connectivity index (χ0v) is 17.4. The molecule has 11 heteroatoms. The van der Waals surface area contributed by atoms with Gasteiger partial charge in [0.1, 0.15) is 5.75 Å². The van der Waals surface area contributed by atoms with Crippen LogP contribution in [0, 0.1) is 10.1 Å². The van der Waals surface area contributed by atoms with Crippen molar-refractivity contribution >= 4 is 38.9 Å². The van der Waals surface area contributed by atoms with E-state index in [2.05, 4.69) is 5.32 Å². The average Bonchev–Trinajstić information content (AvgIpc) is 2.69. The molecule has 29 heavy (non-hydrogen) atoms. The number of hydrogen-bond acceptors (Lipinski definition) is 6. The topological polar surface area (TPSA) is 119 Å². The van der Waals surface area contributed by atoms with Gasteiger partial charge in [0.05, 0.1) is 20.5 Å². The van der Waals surface area contributed by atoms with Crippen LogP contribution < -0.4 is 10.1 Å². The Bertz CT molecular complexity index is 991. The lowest BCUT2D eigenvalue weighted by Gasteiger charge is -2.19. The lowest BCUT2D eigenvalue weighted by Crippen LogP contribution is -2.30. The minimum atomic E-state index is -3.71. The van der Waals surface area contributed by atoms with Gasteiger partial charge in [0.2, 0.25) is 10.0 Å². The zero-order chi connectivity index (χ0) is 21.6. The molecule has 1 N–H and O–H groups in total. The summed E-state index contributed by atoms with van der Waals surface area (Å²) >= 11 is 6.07. The number of carbonyl (C=O) groups excluding carboxylic acids is 1. The van der Waals surface area contributed by atoms with Crippen LogP contribution in [0.3, 0.4) is 0 Å². The van der Waals surface area contributed by atoms with E-state index in [1.807, 2.05) is 0 Å². The molecular weight excluding hydrogens is 422 g/mol. The normalized spacial score (nSPS) is 11.3. The summed E-state index contributed by atoms with van der Waals surface area (Å²) < 4.78 is 31.8. The number of halogens is 1. The molecule has 0 radical (unpaired) electrons. The van der Waals surface area contributed by atoms with E-state index in [1.165, 1.54) is 46.8 Å². The highest BCUT2D eigenvalue weighted by molar-refractivity contribution is 7.89. The van der Waals surface area contributed by atoms with Crippen molar-refractivity contribution in [3.05, 3.63) is 57.6 Å². The third-order valence-corrected chi connectivity index (χ3v) is 6.35. The Labute approximate surface area is 173 Å². The average molecular weight is 442 g/mol. The van der Waals surface area contributed by atoms with E-state index in [4.69, 9.17) is 16.3 Å². The number of ether oxygens (including phenoxy) is 1. The van der Waals surface area contributed by atoms with Crippen LogP contribution in [0.2, 0.25) is 5.02 Å². The van der Waals surface area contributed by atoms with Crippen LogP contribution in [0.4, 0.5) is 11.4 Å². The van der Waals surface area contributed by atoms with E-state index >= 15 is 0 Å². The van der Waals surface area contributed by atoms with Crippen LogP contribution in [-0.4, -0.2) is 43.2 Å². The number of anilines is 1. The summed E-state index contributed by atoms with van der Waals surface area (Å²) in [7, 11) is -3.71. The van der Waals surface area contributed by atoms with Crippen LogP contribution >= 0.6 is 11.6 Å². The van der Waals surface area contributed by atoms with Crippen LogP contribution in [0.15, 0.2) is 47.4 Å². The number of hydrogen-bond donors (Lipinski definition) is 1. The fraction of sp³-hybridized carbons (Fsp3) is 0.278. The van der Waals surface area contributed by atoms with Crippen molar-refractivity contribution in [3.63, 3.8) is 0 Å². The second-order valence-corrected chi connectivity index (χ2v) is 8.16. The largest absolute Gasteiger partial charge is 0.484 e. The number of nitro benzene ring substituents is 1. The van der Waals surface area contributed by atoms with Crippen molar-refractivity contribution in [2.75, 3.05) is 25.0 Å². The molecule has 0 aliphatic heterocycles. The molecule has 0 aliphatic carbocycles. The number of carbonyl (C=O) groups is 1. The first-order chi connectivity index (χ1) is 13.7. The van der Waals surface area contributed by atoms with Gasteiger partial charge in [0.25, 0.3) is 11.6 Å². The van der Waals surface area contributed by atoms with Crippen LogP contribution in [0.5, 0.6) is 5.75 Å². The predicted molar refractivity (Wildman–Crippen MR) is 109 cm³/mol. The predicted octanol–water partition coefficient (Wildman–Crippen LogP) is 3.30. The van der Waals surface area contributed by atoms with E-state index in [0.29, 0.717) is 13.1 Å². The Hall–Kier alpha value is -2.69. The maximum atomic E-state index is 12.6. The quantitative estimate of drug-likeness (QED) is 0.471. The summed E-state index contributed by atoms with van der Waals surface area (Å²) in [6.45, 7) is 3.70. The molecule has 0 aliphatic rings. The van der Waals surface area contributed by atoms with E-state index in [0.717, 1.165) is 0 Å². The smallest absolute Gasteiger partial charge is 0.269 e. The van der Waals surface area contributed by atoms with Gasteiger partial charge < -0.3 is 10.1 Å². The molecule has 2 aromatic carbocycles. The number of sulfonamides is 1. The summed E-state index contributed by atoms with van der Waals surface area (Å²) in [6.07, 6.45) is 0. The molecule has 9 nitrogen and oxygen atoms in total. The molecule has 1 amide bonds. The van der Waals surface area contributed by atoms with Crippen molar-refractivity contribution in [1.82, 2.24) is 4.31 Å². The molecule has 0 saturated carbocycles. The Kier molecular flexibility index (Phi) is 7.54. The highest BCUT2D eigenvalue weighted by Gasteiger charge is 2.22. The molecule has 0 spiro atoms. The zero-order valence-electron chi connectivity index (χ0n) is 15.8. The minimum Gasteiger partial charge on any atom is -0.484 e. The molecule has 0 bridgehead atoms.